The van der Waals surface area contributed by atoms with Crippen LogP contribution in [-0.4, -0.2) is 36.7 Å². The van der Waals surface area contributed by atoms with E-state index in [4.69, 9.17) is 15.6 Å². The van der Waals surface area contributed by atoms with E-state index in [0.29, 0.717) is 24.3 Å². The van der Waals surface area contributed by atoms with Gasteiger partial charge in [-0.1, -0.05) is 6.07 Å². The fourth-order valence-corrected chi connectivity index (χ4v) is 2.27. The Morgan fingerprint density at radius 2 is 2.32 bits per heavy atom. The van der Waals surface area contributed by atoms with Gasteiger partial charge in [-0.25, -0.2) is 4.79 Å². The van der Waals surface area contributed by atoms with Crippen LogP contribution in [0.2, 0.25) is 0 Å². The first-order valence-corrected chi connectivity index (χ1v) is 6.75. The van der Waals surface area contributed by atoms with E-state index in [1.165, 1.54) is 11.3 Å². The third-order valence-electron chi connectivity index (χ3n) is 2.59. The summed E-state index contributed by atoms with van der Waals surface area (Å²) >= 11 is 1.36. The Hall–Kier alpha value is -1.44. The van der Waals surface area contributed by atoms with Crippen LogP contribution >= 0.6 is 11.3 Å². The largest absolute Gasteiger partial charge is 0.480 e. The van der Waals surface area contributed by atoms with E-state index in [0.717, 1.165) is 0 Å². The lowest BCUT2D eigenvalue weighted by molar-refractivity contribution is -0.142. The highest BCUT2D eigenvalue weighted by Crippen LogP contribution is 2.17. The minimum atomic E-state index is -1.07. The Balaban J connectivity index is 2.53. The number of nitrogens with one attached hydrogen (secondary N) is 1. The van der Waals surface area contributed by atoms with Crippen molar-refractivity contribution in [1.29, 1.82) is 0 Å². The first-order valence-electron chi connectivity index (χ1n) is 5.87. The number of ether oxygens (including phenoxy) is 1. The Kier molecular flexibility index (Phi) is 6.48. The van der Waals surface area contributed by atoms with Crippen LogP contribution in [0.4, 0.5) is 0 Å². The lowest BCUT2D eigenvalue weighted by Crippen LogP contribution is -2.44. The minimum absolute atomic E-state index is 0.312. The van der Waals surface area contributed by atoms with Crippen molar-refractivity contribution in [3.05, 3.63) is 22.4 Å². The molecule has 2 atom stereocenters. The Labute approximate surface area is 115 Å². The molecular weight excluding hydrogens is 268 g/mol. The summed E-state index contributed by atoms with van der Waals surface area (Å²) in [5, 5.41) is 13.3. The molecule has 0 aromatic carbocycles. The topological polar surface area (TPSA) is 102 Å². The highest BCUT2D eigenvalue weighted by molar-refractivity contribution is 7.10. The van der Waals surface area contributed by atoms with Crippen LogP contribution in [0.3, 0.4) is 0 Å². The van der Waals surface area contributed by atoms with Crippen molar-refractivity contribution >= 4 is 23.2 Å². The molecule has 7 heteroatoms. The van der Waals surface area contributed by atoms with Crippen LogP contribution in [-0.2, 0) is 14.3 Å². The van der Waals surface area contributed by atoms with Gasteiger partial charge < -0.3 is 20.9 Å². The zero-order chi connectivity index (χ0) is 14.3. The number of nitrogens with two attached hydrogens (primary N) is 1. The molecule has 0 aliphatic rings. The molecule has 0 aliphatic heterocycles. The zero-order valence-corrected chi connectivity index (χ0v) is 11.5. The van der Waals surface area contributed by atoms with Crippen LogP contribution < -0.4 is 11.1 Å². The maximum Gasteiger partial charge on any atom is 0.326 e. The third-order valence-corrected chi connectivity index (χ3v) is 3.54. The number of carboxylic acid groups (broad SMARTS) is 1. The predicted molar refractivity (Wildman–Crippen MR) is 71.9 cm³/mol. The second-order valence-electron chi connectivity index (χ2n) is 4.03. The molecule has 0 bridgehead atoms. The maximum absolute atomic E-state index is 11.9. The molecule has 1 amide bonds. The fourth-order valence-electron chi connectivity index (χ4n) is 1.55. The van der Waals surface area contributed by atoms with Crippen LogP contribution in [0.15, 0.2) is 17.5 Å². The molecule has 106 valence electrons. The number of hydrogen-bond acceptors (Lipinski definition) is 5. The number of carbonyl (C=O) groups excluding carboxylic acids is 1. The molecular formula is C12H18N2O4S. The number of rotatable bonds is 8. The molecule has 1 rings (SSSR count). The molecule has 0 saturated heterocycles. The number of aliphatic carboxylic acids is 1. The van der Waals surface area contributed by atoms with Crippen molar-refractivity contribution in [3.63, 3.8) is 0 Å². The molecule has 1 aromatic heterocycles. The van der Waals surface area contributed by atoms with Crippen LogP contribution in [0.5, 0.6) is 0 Å². The predicted octanol–water partition coefficient (Wildman–Crippen LogP) is 0.744. The summed E-state index contributed by atoms with van der Waals surface area (Å²) in [6.07, 6.45) is 0.869. The summed E-state index contributed by atoms with van der Waals surface area (Å²) < 4.78 is 4.85. The van der Waals surface area contributed by atoms with Crippen molar-refractivity contribution in [3.8, 4) is 0 Å². The first-order chi connectivity index (χ1) is 9.06. The van der Waals surface area contributed by atoms with Crippen molar-refractivity contribution in [2.75, 3.05) is 13.7 Å². The van der Waals surface area contributed by atoms with Gasteiger partial charge in [-0.3, -0.25) is 4.79 Å². The van der Waals surface area contributed by atoms with E-state index < -0.39 is 24.0 Å². The normalized spacial score (nSPS) is 13.8. The van der Waals surface area contributed by atoms with Crippen molar-refractivity contribution in [2.45, 2.75) is 24.9 Å². The average molecular weight is 286 g/mol. The first kappa shape index (κ1) is 15.6. The molecule has 0 aliphatic carbocycles. The smallest absolute Gasteiger partial charge is 0.326 e. The fraction of sp³-hybridized carbons (Fsp3) is 0.500. The van der Waals surface area contributed by atoms with E-state index in [1.807, 2.05) is 5.38 Å². The molecule has 0 fully saturated rings. The van der Waals surface area contributed by atoms with E-state index in [2.05, 4.69) is 5.32 Å². The van der Waals surface area contributed by atoms with Gasteiger partial charge in [0.15, 0.2) is 0 Å². The monoisotopic (exact) mass is 286 g/mol. The second-order valence-corrected chi connectivity index (χ2v) is 5.01. The standard InChI is InChI=1S/C12H18N2O4S/c1-18-6-2-4-8(12(16)17)14-11(15)10(13)9-5-3-7-19-9/h3,5,7-8,10H,2,4,6,13H2,1H3,(H,14,15)(H,16,17). The SMILES string of the molecule is COCCCC(NC(=O)C(N)c1cccs1)C(=O)O. The van der Waals surface area contributed by atoms with Crippen molar-refractivity contribution < 1.29 is 19.4 Å². The summed E-state index contributed by atoms with van der Waals surface area (Å²) in [6.45, 7) is 0.455. The Bertz CT molecular complexity index is 408. The summed E-state index contributed by atoms with van der Waals surface area (Å²) in [6, 6.07) is 1.77. The van der Waals surface area contributed by atoms with Gasteiger partial charge in [0.2, 0.25) is 5.91 Å². The second kappa shape index (κ2) is 7.88. The van der Waals surface area contributed by atoms with E-state index >= 15 is 0 Å². The van der Waals surface area contributed by atoms with E-state index in [-0.39, 0.29) is 0 Å². The van der Waals surface area contributed by atoms with Crippen LogP contribution in [0, 0.1) is 0 Å². The minimum Gasteiger partial charge on any atom is -0.480 e. The van der Waals surface area contributed by atoms with E-state index in [9.17, 15) is 9.59 Å². The van der Waals surface area contributed by atoms with Gasteiger partial charge in [-0.15, -0.1) is 11.3 Å². The highest BCUT2D eigenvalue weighted by Gasteiger charge is 2.24. The molecule has 1 heterocycles. The van der Waals surface area contributed by atoms with Gasteiger partial charge in [-0.05, 0) is 24.3 Å². The molecule has 2 unspecified atom stereocenters. The molecule has 0 radical (unpaired) electrons. The van der Waals surface area contributed by atoms with Crippen LogP contribution in [0.1, 0.15) is 23.8 Å². The lowest BCUT2D eigenvalue weighted by Gasteiger charge is -2.17. The van der Waals surface area contributed by atoms with Gasteiger partial charge >= 0.3 is 5.97 Å². The maximum atomic E-state index is 11.9. The number of carbonyl (C=O) groups is 2. The molecule has 19 heavy (non-hydrogen) atoms. The van der Waals surface area contributed by atoms with E-state index in [1.54, 1.807) is 19.2 Å². The Morgan fingerprint density at radius 1 is 1.58 bits per heavy atom. The van der Waals surface area contributed by atoms with Crippen LogP contribution in [0.25, 0.3) is 0 Å². The molecule has 1 aromatic rings. The third kappa shape index (κ3) is 4.98. The number of amides is 1. The van der Waals surface area contributed by atoms with Crippen molar-refractivity contribution in [2.24, 2.45) is 5.73 Å². The molecule has 6 nitrogen and oxygen atoms in total. The Morgan fingerprint density at radius 3 is 2.84 bits per heavy atom. The summed E-state index contributed by atoms with van der Waals surface area (Å²) in [5.41, 5.74) is 5.77. The summed E-state index contributed by atoms with van der Waals surface area (Å²) in [4.78, 5) is 23.6. The molecule has 4 N–H and O–H groups in total. The summed E-state index contributed by atoms with van der Waals surface area (Å²) in [5.74, 6) is -1.55. The molecule has 0 spiro atoms. The van der Waals surface area contributed by atoms with Gasteiger partial charge in [0.05, 0.1) is 0 Å². The van der Waals surface area contributed by atoms with Gasteiger partial charge in [0, 0.05) is 18.6 Å². The van der Waals surface area contributed by atoms with Crippen molar-refractivity contribution in [1.82, 2.24) is 5.32 Å². The number of hydrogen-bond donors (Lipinski definition) is 3. The van der Waals surface area contributed by atoms with Gasteiger partial charge in [0.25, 0.3) is 0 Å². The highest BCUT2D eigenvalue weighted by atomic mass is 32.1. The average Bonchev–Trinajstić information content (AvgIpc) is 2.90. The number of methoxy groups -OCH3 is 1. The quantitative estimate of drug-likeness (QED) is 0.612. The number of carboxylic acids is 1. The number of thiophene rings is 1. The van der Waals surface area contributed by atoms with Gasteiger partial charge in [-0.2, -0.15) is 0 Å². The zero-order valence-electron chi connectivity index (χ0n) is 10.7. The molecule has 0 saturated carbocycles. The lowest BCUT2D eigenvalue weighted by atomic mass is 10.1. The summed E-state index contributed by atoms with van der Waals surface area (Å²) in [7, 11) is 1.54. The van der Waals surface area contributed by atoms with Gasteiger partial charge in [0.1, 0.15) is 12.1 Å².